The molecule has 2 aromatic rings. The van der Waals surface area contributed by atoms with Crippen molar-refractivity contribution in [3.63, 3.8) is 0 Å². The molecule has 1 fully saturated rings. The number of benzene rings is 1. The summed E-state index contributed by atoms with van der Waals surface area (Å²) >= 11 is 0. The van der Waals surface area contributed by atoms with E-state index in [-0.39, 0.29) is 17.7 Å². The molecule has 3 rings (SSSR count). The molecule has 0 radical (unpaired) electrons. The Labute approximate surface area is 151 Å². The molecule has 1 saturated heterocycles. The molecule has 0 spiro atoms. The van der Waals surface area contributed by atoms with Crippen LogP contribution in [0.3, 0.4) is 0 Å². The molecule has 8 nitrogen and oxygen atoms in total. The molecule has 2 N–H and O–H groups in total. The number of aromatic nitrogens is 2. The van der Waals surface area contributed by atoms with Gasteiger partial charge >= 0.3 is 0 Å². The first-order chi connectivity index (χ1) is 12.7. The maximum Gasteiger partial charge on any atom is 0.276 e. The van der Waals surface area contributed by atoms with E-state index in [1.165, 1.54) is 7.11 Å². The molecule has 0 bridgehead atoms. The third-order valence-corrected chi connectivity index (χ3v) is 4.09. The summed E-state index contributed by atoms with van der Waals surface area (Å²) in [5, 5.41) is 14.0. The van der Waals surface area contributed by atoms with Gasteiger partial charge in [-0.3, -0.25) is 4.79 Å². The van der Waals surface area contributed by atoms with E-state index in [9.17, 15) is 4.79 Å². The smallest absolute Gasteiger partial charge is 0.276 e. The number of methoxy groups -OCH3 is 2. The Kier molecular flexibility index (Phi) is 5.85. The highest BCUT2D eigenvalue weighted by atomic mass is 16.5. The molecule has 138 valence electrons. The summed E-state index contributed by atoms with van der Waals surface area (Å²) in [7, 11) is 3.09. The lowest BCUT2D eigenvalue weighted by atomic mass is 10.2. The van der Waals surface area contributed by atoms with E-state index in [1.807, 2.05) is 0 Å². The van der Waals surface area contributed by atoms with Crippen molar-refractivity contribution in [2.45, 2.75) is 18.9 Å². The Bertz CT molecular complexity index is 745. The van der Waals surface area contributed by atoms with Crippen LogP contribution >= 0.6 is 0 Å². The van der Waals surface area contributed by atoms with Crippen molar-refractivity contribution in [2.24, 2.45) is 0 Å². The van der Waals surface area contributed by atoms with Crippen LogP contribution in [0.25, 0.3) is 0 Å². The fraction of sp³-hybridized carbons (Fsp3) is 0.389. The van der Waals surface area contributed by atoms with Crippen molar-refractivity contribution in [1.82, 2.24) is 10.2 Å². The van der Waals surface area contributed by atoms with Crippen LogP contribution < -0.4 is 20.1 Å². The standard InChI is InChI=1S/C18H22N4O4/c1-24-12-5-6-14(16(10-12)25-2)20-18(23)15-7-8-17(22-21-15)19-11-13-4-3-9-26-13/h5-8,10,13H,3-4,9,11H2,1-2H3,(H,19,22)(H,20,23). The van der Waals surface area contributed by atoms with Crippen LogP contribution in [0.5, 0.6) is 11.5 Å². The van der Waals surface area contributed by atoms with Gasteiger partial charge in [0.25, 0.3) is 5.91 Å². The molecule has 1 atom stereocenters. The van der Waals surface area contributed by atoms with Crippen LogP contribution in [0, 0.1) is 0 Å². The lowest BCUT2D eigenvalue weighted by Gasteiger charge is -2.12. The molecular formula is C18H22N4O4. The van der Waals surface area contributed by atoms with Crippen molar-refractivity contribution in [1.29, 1.82) is 0 Å². The van der Waals surface area contributed by atoms with Crippen molar-refractivity contribution in [3.05, 3.63) is 36.0 Å². The number of nitrogens with one attached hydrogen (secondary N) is 2. The van der Waals surface area contributed by atoms with Gasteiger partial charge in [-0.1, -0.05) is 0 Å². The average Bonchev–Trinajstić information content (AvgIpc) is 3.20. The lowest BCUT2D eigenvalue weighted by Crippen LogP contribution is -2.20. The van der Waals surface area contributed by atoms with Gasteiger partial charge in [-0.05, 0) is 37.1 Å². The number of ether oxygens (including phenoxy) is 3. The van der Waals surface area contributed by atoms with Gasteiger partial charge in [-0.25, -0.2) is 0 Å². The third kappa shape index (κ3) is 4.40. The number of hydrogen-bond donors (Lipinski definition) is 2. The summed E-state index contributed by atoms with van der Waals surface area (Å²) in [4.78, 5) is 12.4. The van der Waals surface area contributed by atoms with E-state index < -0.39 is 0 Å². The second kappa shape index (κ2) is 8.48. The predicted octanol–water partition coefficient (Wildman–Crippen LogP) is 2.34. The highest BCUT2D eigenvalue weighted by Crippen LogP contribution is 2.29. The van der Waals surface area contributed by atoms with E-state index in [1.54, 1.807) is 37.4 Å². The maximum absolute atomic E-state index is 12.4. The van der Waals surface area contributed by atoms with Crippen LogP contribution in [0.2, 0.25) is 0 Å². The second-order valence-electron chi connectivity index (χ2n) is 5.84. The number of carbonyl (C=O) groups excluding carboxylic acids is 1. The fourth-order valence-electron chi connectivity index (χ4n) is 2.66. The number of rotatable bonds is 7. The lowest BCUT2D eigenvalue weighted by molar-refractivity contribution is 0.102. The Morgan fingerprint density at radius 3 is 2.77 bits per heavy atom. The van der Waals surface area contributed by atoms with Crippen LogP contribution in [-0.4, -0.2) is 49.6 Å². The fourth-order valence-corrected chi connectivity index (χ4v) is 2.66. The Morgan fingerprint density at radius 1 is 1.23 bits per heavy atom. The van der Waals surface area contributed by atoms with Crippen molar-refractivity contribution < 1.29 is 19.0 Å². The van der Waals surface area contributed by atoms with E-state index in [0.717, 1.165) is 19.4 Å². The quantitative estimate of drug-likeness (QED) is 0.784. The Balaban J connectivity index is 1.61. The normalized spacial score (nSPS) is 16.2. The van der Waals surface area contributed by atoms with Gasteiger partial charge in [0.05, 0.1) is 26.0 Å². The van der Waals surface area contributed by atoms with E-state index >= 15 is 0 Å². The van der Waals surface area contributed by atoms with E-state index in [2.05, 4.69) is 20.8 Å². The predicted molar refractivity (Wildman–Crippen MR) is 97.0 cm³/mol. The molecular weight excluding hydrogens is 336 g/mol. The molecule has 2 heterocycles. The van der Waals surface area contributed by atoms with Gasteiger partial charge in [0.2, 0.25) is 0 Å². The number of hydrogen-bond acceptors (Lipinski definition) is 7. The van der Waals surface area contributed by atoms with Crippen molar-refractivity contribution >= 4 is 17.4 Å². The minimum Gasteiger partial charge on any atom is -0.497 e. The zero-order valence-electron chi connectivity index (χ0n) is 14.8. The van der Waals surface area contributed by atoms with Crippen LogP contribution in [0.4, 0.5) is 11.5 Å². The molecule has 1 aliphatic heterocycles. The average molecular weight is 358 g/mol. The third-order valence-electron chi connectivity index (χ3n) is 4.09. The Morgan fingerprint density at radius 2 is 2.12 bits per heavy atom. The minimum atomic E-state index is -0.369. The molecule has 1 aromatic carbocycles. The van der Waals surface area contributed by atoms with Crippen molar-refractivity contribution in [3.8, 4) is 11.5 Å². The molecule has 0 aliphatic carbocycles. The first-order valence-electron chi connectivity index (χ1n) is 8.42. The van der Waals surface area contributed by atoms with Crippen molar-refractivity contribution in [2.75, 3.05) is 38.0 Å². The zero-order valence-corrected chi connectivity index (χ0v) is 14.8. The summed E-state index contributed by atoms with van der Waals surface area (Å²) in [5.74, 6) is 1.38. The summed E-state index contributed by atoms with van der Waals surface area (Å²) < 4.78 is 16.0. The summed E-state index contributed by atoms with van der Waals surface area (Å²) in [6.45, 7) is 1.50. The topological polar surface area (TPSA) is 94.6 Å². The van der Waals surface area contributed by atoms with E-state index in [0.29, 0.717) is 29.5 Å². The van der Waals surface area contributed by atoms with Crippen LogP contribution in [-0.2, 0) is 4.74 Å². The number of carbonyl (C=O) groups is 1. The molecule has 1 unspecified atom stereocenters. The summed E-state index contributed by atoms with van der Waals surface area (Å²) in [5.41, 5.74) is 0.742. The molecule has 8 heteroatoms. The largest absolute Gasteiger partial charge is 0.497 e. The highest BCUT2D eigenvalue weighted by molar-refractivity contribution is 6.03. The van der Waals surface area contributed by atoms with Gasteiger partial charge in [0, 0.05) is 19.2 Å². The van der Waals surface area contributed by atoms with Gasteiger partial charge in [0.15, 0.2) is 5.69 Å². The molecule has 0 saturated carbocycles. The van der Waals surface area contributed by atoms with E-state index in [4.69, 9.17) is 14.2 Å². The summed E-state index contributed by atoms with van der Waals surface area (Å²) in [6, 6.07) is 8.49. The number of amides is 1. The second-order valence-corrected chi connectivity index (χ2v) is 5.84. The maximum atomic E-state index is 12.4. The number of nitrogens with zero attached hydrogens (tertiary/aromatic N) is 2. The number of anilines is 2. The highest BCUT2D eigenvalue weighted by Gasteiger charge is 2.16. The zero-order chi connectivity index (χ0) is 18.4. The molecule has 1 aromatic heterocycles. The first kappa shape index (κ1) is 17.9. The van der Waals surface area contributed by atoms with Crippen LogP contribution in [0.15, 0.2) is 30.3 Å². The molecule has 26 heavy (non-hydrogen) atoms. The summed E-state index contributed by atoms with van der Waals surface area (Å²) in [6.07, 6.45) is 2.35. The van der Waals surface area contributed by atoms with Gasteiger partial charge in [-0.2, -0.15) is 0 Å². The van der Waals surface area contributed by atoms with Gasteiger partial charge < -0.3 is 24.8 Å². The van der Waals surface area contributed by atoms with Gasteiger partial charge in [-0.15, -0.1) is 10.2 Å². The first-order valence-corrected chi connectivity index (χ1v) is 8.42. The molecule has 1 amide bonds. The monoisotopic (exact) mass is 358 g/mol. The molecule has 1 aliphatic rings. The van der Waals surface area contributed by atoms with Crippen LogP contribution in [0.1, 0.15) is 23.3 Å². The SMILES string of the molecule is COc1ccc(NC(=O)c2ccc(NCC3CCCO3)nn2)c(OC)c1. The minimum absolute atomic E-state index is 0.210. The Hall–Kier alpha value is -2.87. The van der Waals surface area contributed by atoms with Gasteiger partial charge in [0.1, 0.15) is 17.3 Å².